The maximum atomic E-state index is 6.03. The quantitative estimate of drug-likeness (QED) is 0.197. The number of anilines is 2. The minimum atomic E-state index is 0.378. The first kappa shape index (κ1) is 26.9. The van der Waals surface area contributed by atoms with Crippen molar-refractivity contribution in [3.63, 3.8) is 0 Å². The molecule has 0 heterocycles. The van der Waals surface area contributed by atoms with Gasteiger partial charge < -0.3 is 20.9 Å². The molecule has 5 rings (SSSR count). The Morgan fingerprint density at radius 2 is 0.725 bits per heavy atom. The molecule has 0 atom stereocenters. The number of nitrogens with two attached hydrogens (primary N) is 2. The number of hydrogen-bond acceptors (Lipinski definition) is 4. The second kappa shape index (κ2) is 11.6. The average molecular weight is 529 g/mol. The molecule has 0 amide bonds. The number of ether oxygens (including phenoxy) is 2. The van der Waals surface area contributed by atoms with Gasteiger partial charge >= 0.3 is 0 Å². The highest BCUT2D eigenvalue weighted by atomic mass is 16.5. The molecule has 5 aromatic rings. The molecule has 0 radical (unpaired) electrons. The first-order chi connectivity index (χ1) is 19.3. The molecule has 0 aliphatic carbocycles. The SMILES string of the molecule is CC(C)c1cc(C(C)C)c(-c2ccc(Oc3ccc(N)cc3)cc2)cc1-c1ccc(Oc2ccc(N)cc2)cc1. The van der Waals surface area contributed by atoms with Crippen molar-refractivity contribution in [3.8, 4) is 45.3 Å². The lowest BCUT2D eigenvalue weighted by molar-refractivity contribution is 0.482. The lowest BCUT2D eigenvalue weighted by Crippen LogP contribution is -2.00. The van der Waals surface area contributed by atoms with Crippen molar-refractivity contribution in [1.82, 2.24) is 0 Å². The summed E-state index contributed by atoms with van der Waals surface area (Å²) in [5.41, 5.74) is 20.5. The van der Waals surface area contributed by atoms with Crippen LogP contribution in [0.1, 0.15) is 50.7 Å². The lowest BCUT2D eigenvalue weighted by atomic mass is 9.83. The Kier molecular flexibility index (Phi) is 7.79. The van der Waals surface area contributed by atoms with Gasteiger partial charge in [-0.1, -0.05) is 58.0 Å². The molecule has 0 aliphatic heterocycles. The van der Waals surface area contributed by atoms with Crippen LogP contribution in [-0.2, 0) is 0 Å². The summed E-state index contributed by atoms with van der Waals surface area (Å²) in [6, 6.07) is 36.2. The Morgan fingerprint density at radius 1 is 0.425 bits per heavy atom. The Bertz CT molecular complexity index is 1450. The molecule has 202 valence electrons. The van der Waals surface area contributed by atoms with Crippen LogP contribution >= 0.6 is 0 Å². The standard InChI is InChI=1S/C36H36N2O2/c1-23(2)33-21-34(24(3)4)36(26-7-15-30(16-8-26)40-32-19-11-28(38)12-20-32)22-35(33)25-5-13-29(14-6-25)39-31-17-9-27(37)10-18-31/h5-24H,37-38H2,1-4H3. The largest absolute Gasteiger partial charge is 0.457 e. The molecule has 0 aromatic heterocycles. The zero-order chi connectivity index (χ0) is 28.2. The van der Waals surface area contributed by atoms with E-state index in [-0.39, 0.29) is 0 Å². The molecule has 0 saturated carbocycles. The predicted molar refractivity (Wildman–Crippen MR) is 167 cm³/mol. The van der Waals surface area contributed by atoms with Gasteiger partial charge in [-0.25, -0.2) is 0 Å². The van der Waals surface area contributed by atoms with Crippen LogP contribution in [0.15, 0.2) is 109 Å². The summed E-state index contributed by atoms with van der Waals surface area (Å²) in [5, 5.41) is 0. The molecule has 0 saturated heterocycles. The fraction of sp³-hybridized carbons (Fsp3) is 0.167. The second-order valence-electron chi connectivity index (χ2n) is 10.7. The summed E-state index contributed by atoms with van der Waals surface area (Å²) in [7, 11) is 0. The number of nitrogen functional groups attached to an aromatic ring is 2. The van der Waals surface area contributed by atoms with Gasteiger partial charge in [-0.3, -0.25) is 0 Å². The van der Waals surface area contributed by atoms with Crippen LogP contribution in [0.3, 0.4) is 0 Å². The van der Waals surface area contributed by atoms with Gasteiger partial charge in [0.05, 0.1) is 0 Å². The highest BCUT2D eigenvalue weighted by molar-refractivity contribution is 5.79. The summed E-state index contributed by atoms with van der Waals surface area (Å²) in [6.45, 7) is 9.02. The van der Waals surface area contributed by atoms with Crippen molar-refractivity contribution >= 4 is 11.4 Å². The van der Waals surface area contributed by atoms with Crippen molar-refractivity contribution in [2.45, 2.75) is 39.5 Å². The minimum Gasteiger partial charge on any atom is -0.457 e. The average Bonchev–Trinajstić information content (AvgIpc) is 2.95. The van der Waals surface area contributed by atoms with Crippen molar-refractivity contribution in [2.24, 2.45) is 0 Å². The molecule has 0 fully saturated rings. The molecule has 0 unspecified atom stereocenters. The van der Waals surface area contributed by atoms with Crippen LogP contribution in [-0.4, -0.2) is 0 Å². The van der Waals surface area contributed by atoms with Crippen molar-refractivity contribution < 1.29 is 9.47 Å². The molecular formula is C36H36N2O2. The van der Waals surface area contributed by atoms with E-state index in [1.54, 1.807) is 0 Å². The summed E-state index contributed by atoms with van der Waals surface area (Å²) < 4.78 is 12.1. The van der Waals surface area contributed by atoms with Gasteiger partial charge in [0.2, 0.25) is 0 Å². The van der Waals surface area contributed by atoms with Gasteiger partial charge in [0, 0.05) is 11.4 Å². The summed E-state index contributed by atoms with van der Waals surface area (Å²) in [5.74, 6) is 3.85. The third kappa shape index (κ3) is 6.13. The van der Waals surface area contributed by atoms with Gasteiger partial charge in [-0.05, 0) is 124 Å². The zero-order valence-electron chi connectivity index (χ0n) is 23.5. The minimum absolute atomic E-state index is 0.378. The molecular weight excluding hydrogens is 492 g/mol. The molecule has 0 spiro atoms. The van der Waals surface area contributed by atoms with E-state index >= 15 is 0 Å². The predicted octanol–water partition coefficient (Wildman–Crippen LogP) is 10.0. The van der Waals surface area contributed by atoms with Crippen LogP contribution in [0.5, 0.6) is 23.0 Å². The summed E-state index contributed by atoms with van der Waals surface area (Å²) in [6.07, 6.45) is 0. The van der Waals surface area contributed by atoms with E-state index in [4.69, 9.17) is 20.9 Å². The molecule has 5 aromatic carbocycles. The van der Waals surface area contributed by atoms with Crippen molar-refractivity contribution in [1.29, 1.82) is 0 Å². The van der Waals surface area contributed by atoms with Crippen LogP contribution in [0, 0.1) is 0 Å². The molecule has 4 heteroatoms. The van der Waals surface area contributed by atoms with E-state index in [0.717, 1.165) is 34.1 Å². The van der Waals surface area contributed by atoms with E-state index < -0.39 is 0 Å². The summed E-state index contributed by atoms with van der Waals surface area (Å²) >= 11 is 0. The fourth-order valence-electron chi connectivity index (χ4n) is 4.84. The Balaban J connectivity index is 1.48. The van der Waals surface area contributed by atoms with Crippen LogP contribution < -0.4 is 20.9 Å². The zero-order valence-corrected chi connectivity index (χ0v) is 23.5. The van der Waals surface area contributed by atoms with Gasteiger partial charge in [0.15, 0.2) is 0 Å². The van der Waals surface area contributed by atoms with Gasteiger partial charge in [-0.15, -0.1) is 0 Å². The van der Waals surface area contributed by atoms with Crippen molar-refractivity contribution in [3.05, 3.63) is 120 Å². The van der Waals surface area contributed by atoms with E-state index in [9.17, 15) is 0 Å². The molecule has 0 bridgehead atoms. The molecule has 40 heavy (non-hydrogen) atoms. The number of hydrogen-bond donors (Lipinski definition) is 2. The smallest absolute Gasteiger partial charge is 0.127 e. The summed E-state index contributed by atoms with van der Waals surface area (Å²) in [4.78, 5) is 0. The third-order valence-electron chi connectivity index (χ3n) is 7.03. The van der Waals surface area contributed by atoms with Gasteiger partial charge in [0.1, 0.15) is 23.0 Å². The molecule has 4 nitrogen and oxygen atoms in total. The second-order valence-corrected chi connectivity index (χ2v) is 10.7. The van der Waals surface area contributed by atoms with E-state index in [1.165, 1.54) is 22.3 Å². The normalized spacial score (nSPS) is 11.2. The van der Waals surface area contributed by atoms with Crippen LogP contribution in [0.25, 0.3) is 22.3 Å². The van der Waals surface area contributed by atoms with E-state index in [2.05, 4.69) is 64.1 Å². The fourth-order valence-corrected chi connectivity index (χ4v) is 4.84. The molecule has 0 aliphatic rings. The Labute approximate surface area is 237 Å². The highest BCUT2D eigenvalue weighted by Gasteiger charge is 2.17. The molecule has 4 N–H and O–H groups in total. The maximum absolute atomic E-state index is 6.03. The van der Waals surface area contributed by atoms with Crippen molar-refractivity contribution in [2.75, 3.05) is 11.5 Å². The van der Waals surface area contributed by atoms with E-state index in [1.807, 2.05) is 72.8 Å². The van der Waals surface area contributed by atoms with E-state index in [0.29, 0.717) is 23.2 Å². The highest BCUT2D eigenvalue weighted by Crippen LogP contribution is 2.40. The monoisotopic (exact) mass is 528 g/mol. The Morgan fingerprint density at radius 3 is 1.02 bits per heavy atom. The van der Waals surface area contributed by atoms with Crippen LogP contribution in [0.2, 0.25) is 0 Å². The first-order valence-corrected chi connectivity index (χ1v) is 13.7. The van der Waals surface area contributed by atoms with Crippen LogP contribution in [0.4, 0.5) is 11.4 Å². The third-order valence-corrected chi connectivity index (χ3v) is 7.03. The topological polar surface area (TPSA) is 70.5 Å². The maximum Gasteiger partial charge on any atom is 0.127 e. The Hall–Kier alpha value is -4.70. The number of benzene rings is 5. The first-order valence-electron chi connectivity index (χ1n) is 13.7. The van der Waals surface area contributed by atoms with Gasteiger partial charge in [-0.2, -0.15) is 0 Å². The number of rotatable bonds is 8. The van der Waals surface area contributed by atoms with Gasteiger partial charge in [0.25, 0.3) is 0 Å². The lowest BCUT2D eigenvalue weighted by Gasteiger charge is -2.21.